The number of hydrogen-bond donors (Lipinski definition) is 1. The number of hydrogen-bond acceptors (Lipinski definition) is 5. The maximum Gasteiger partial charge on any atom is 0.205 e. The van der Waals surface area contributed by atoms with E-state index in [9.17, 15) is 0 Å². The molecule has 74 valence electrons. The molecule has 1 N–H and O–H groups in total. The van der Waals surface area contributed by atoms with E-state index in [0.29, 0.717) is 0 Å². The summed E-state index contributed by atoms with van der Waals surface area (Å²) in [5, 5.41) is 15.2. The van der Waals surface area contributed by atoms with Gasteiger partial charge in [-0.1, -0.05) is 17.4 Å². The molecule has 0 aliphatic rings. The quantitative estimate of drug-likeness (QED) is 0.869. The fraction of sp³-hybridized carbons (Fsp3) is 0.333. The maximum absolute atomic E-state index is 4.00. The largest absolute Gasteiger partial charge is 0.360 e. The van der Waals surface area contributed by atoms with Crippen LogP contribution >= 0.6 is 22.7 Å². The Hall–Kier alpha value is -0.940. The van der Waals surface area contributed by atoms with E-state index >= 15 is 0 Å². The van der Waals surface area contributed by atoms with E-state index in [-0.39, 0.29) is 0 Å². The third-order valence-electron chi connectivity index (χ3n) is 1.75. The van der Waals surface area contributed by atoms with Gasteiger partial charge in [0, 0.05) is 11.4 Å². The van der Waals surface area contributed by atoms with E-state index in [2.05, 4.69) is 33.0 Å². The minimum absolute atomic E-state index is 0.916. The molecule has 5 heteroatoms. The van der Waals surface area contributed by atoms with Crippen molar-refractivity contribution in [2.75, 3.05) is 11.9 Å². The van der Waals surface area contributed by atoms with E-state index < -0.39 is 0 Å². The van der Waals surface area contributed by atoms with E-state index in [1.807, 2.05) is 6.92 Å². The Balaban J connectivity index is 1.78. The molecule has 0 saturated carbocycles. The van der Waals surface area contributed by atoms with Gasteiger partial charge in [-0.2, -0.15) is 0 Å². The summed E-state index contributed by atoms with van der Waals surface area (Å²) >= 11 is 3.39. The molecule has 0 radical (unpaired) electrons. The van der Waals surface area contributed by atoms with Crippen molar-refractivity contribution < 1.29 is 0 Å². The zero-order chi connectivity index (χ0) is 9.80. The van der Waals surface area contributed by atoms with E-state index in [1.165, 1.54) is 4.88 Å². The molecular weight excluding hydrogens is 214 g/mol. The highest BCUT2D eigenvalue weighted by Gasteiger charge is 1.99. The third kappa shape index (κ3) is 2.52. The summed E-state index contributed by atoms with van der Waals surface area (Å²) in [6, 6.07) is 4.23. The maximum atomic E-state index is 4.00. The zero-order valence-electron chi connectivity index (χ0n) is 7.86. The Morgan fingerprint density at radius 2 is 2.36 bits per heavy atom. The van der Waals surface area contributed by atoms with Gasteiger partial charge in [-0.05, 0) is 24.8 Å². The first-order valence-corrected chi connectivity index (χ1v) is 6.10. The molecule has 2 rings (SSSR count). The van der Waals surface area contributed by atoms with Crippen LogP contribution in [0.15, 0.2) is 17.5 Å². The first-order chi connectivity index (χ1) is 6.84. The molecule has 0 spiro atoms. The molecule has 0 aromatic carbocycles. The number of nitrogens with one attached hydrogen (secondary N) is 1. The highest BCUT2D eigenvalue weighted by molar-refractivity contribution is 7.15. The second-order valence-corrected chi connectivity index (χ2v) is 5.10. The van der Waals surface area contributed by atoms with Crippen LogP contribution in [-0.4, -0.2) is 16.7 Å². The average Bonchev–Trinajstić information content (AvgIpc) is 2.77. The minimum Gasteiger partial charge on any atom is -0.360 e. The summed E-state index contributed by atoms with van der Waals surface area (Å²) in [4.78, 5) is 1.40. The van der Waals surface area contributed by atoms with Crippen LogP contribution in [0.2, 0.25) is 0 Å². The van der Waals surface area contributed by atoms with Crippen molar-refractivity contribution in [3.8, 4) is 0 Å². The lowest BCUT2D eigenvalue weighted by Crippen LogP contribution is -2.03. The van der Waals surface area contributed by atoms with Gasteiger partial charge in [0.1, 0.15) is 5.01 Å². The molecule has 0 fully saturated rings. The lowest BCUT2D eigenvalue weighted by atomic mass is 10.3. The van der Waals surface area contributed by atoms with Gasteiger partial charge in [0.2, 0.25) is 5.13 Å². The SMILES string of the molecule is Cc1nnc(NCCc2cccs2)s1. The Morgan fingerprint density at radius 1 is 1.43 bits per heavy atom. The van der Waals surface area contributed by atoms with Gasteiger partial charge in [-0.25, -0.2) is 0 Å². The molecular formula is C9H11N3S2. The molecule has 0 bridgehead atoms. The highest BCUT2D eigenvalue weighted by Crippen LogP contribution is 2.14. The van der Waals surface area contributed by atoms with Crippen LogP contribution in [0.5, 0.6) is 0 Å². The first-order valence-electron chi connectivity index (χ1n) is 4.41. The Kier molecular flexibility index (Phi) is 3.10. The first kappa shape index (κ1) is 9.61. The Labute approximate surface area is 90.8 Å². The Morgan fingerprint density at radius 3 is 3.00 bits per heavy atom. The molecule has 14 heavy (non-hydrogen) atoms. The van der Waals surface area contributed by atoms with Crippen LogP contribution in [0.1, 0.15) is 9.88 Å². The minimum atomic E-state index is 0.916. The summed E-state index contributed by atoms with van der Waals surface area (Å²) in [5.74, 6) is 0. The summed E-state index contributed by atoms with van der Waals surface area (Å²) in [6.07, 6.45) is 1.05. The van der Waals surface area contributed by atoms with Crippen molar-refractivity contribution in [3.05, 3.63) is 27.4 Å². The molecule has 2 aromatic rings. The standard InChI is InChI=1S/C9H11N3S2/c1-7-11-12-9(14-7)10-5-4-8-3-2-6-13-8/h2-3,6H,4-5H2,1H3,(H,10,12). The van der Waals surface area contributed by atoms with Gasteiger partial charge in [0.15, 0.2) is 0 Å². The second-order valence-electron chi connectivity index (χ2n) is 2.88. The van der Waals surface area contributed by atoms with E-state index in [0.717, 1.165) is 23.1 Å². The molecule has 0 aliphatic heterocycles. The van der Waals surface area contributed by atoms with Crippen molar-refractivity contribution in [1.29, 1.82) is 0 Å². The van der Waals surface area contributed by atoms with E-state index in [1.54, 1.807) is 22.7 Å². The molecule has 0 unspecified atom stereocenters. The van der Waals surface area contributed by atoms with Gasteiger partial charge >= 0.3 is 0 Å². The summed E-state index contributed by atoms with van der Waals surface area (Å²) in [5.41, 5.74) is 0. The van der Waals surface area contributed by atoms with E-state index in [4.69, 9.17) is 0 Å². The summed E-state index contributed by atoms with van der Waals surface area (Å²) in [6.45, 7) is 2.89. The molecule has 0 saturated heterocycles. The lowest BCUT2D eigenvalue weighted by Gasteiger charge is -1.98. The molecule has 3 nitrogen and oxygen atoms in total. The van der Waals surface area contributed by atoms with Crippen LogP contribution in [-0.2, 0) is 6.42 Å². The summed E-state index contributed by atoms with van der Waals surface area (Å²) in [7, 11) is 0. The fourth-order valence-electron chi connectivity index (χ4n) is 1.12. The van der Waals surface area contributed by atoms with Gasteiger partial charge in [-0.3, -0.25) is 0 Å². The zero-order valence-corrected chi connectivity index (χ0v) is 9.49. The molecule has 0 amide bonds. The number of rotatable bonds is 4. The van der Waals surface area contributed by atoms with Crippen LogP contribution in [0.25, 0.3) is 0 Å². The van der Waals surface area contributed by atoms with Gasteiger partial charge in [0.25, 0.3) is 0 Å². The van der Waals surface area contributed by atoms with Gasteiger partial charge in [0.05, 0.1) is 0 Å². The van der Waals surface area contributed by atoms with Crippen molar-refractivity contribution in [3.63, 3.8) is 0 Å². The predicted molar refractivity (Wildman–Crippen MR) is 61.2 cm³/mol. The third-order valence-corrected chi connectivity index (χ3v) is 3.49. The van der Waals surface area contributed by atoms with Crippen molar-refractivity contribution in [1.82, 2.24) is 10.2 Å². The van der Waals surface area contributed by atoms with Crippen molar-refractivity contribution in [2.24, 2.45) is 0 Å². The Bertz CT molecular complexity index is 380. The molecule has 2 aromatic heterocycles. The fourth-order valence-corrected chi connectivity index (χ4v) is 2.44. The monoisotopic (exact) mass is 225 g/mol. The topological polar surface area (TPSA) is 37.8 Å². The summed E-state index contributed by atoms with van der Waals surface area (Å²) < 4.78 is 0. The van der Waals surface area contributed by atoms with Crippen LogP contribution in [0.4, 0.5) is 5.13 Å². The van der Waals surface area contributed by atoms with Crippen LogP contribution < -0.4 is 5.32 Å². The predicted octanol–water partition coefficient (Wildman–Crippen LogP) is 2.56. The molecule has 2 heterocycles. The van der Waals surface area contributed by atoms with Gasteiger partial charge in [-0.15, -0.1) is 21.5 Å². The number of thiophene rings is 1. The molecule has 0 aliphatic carbocycles. The smallest absolute Gasteiger partial charge is 0.205 e. The van der Waals surface area contributed by atoms with Crippen molar-refractivity contribution in [2.45, 2.75) is 13.3 Å². The number of nitrogens with zero attached hydrogens (tertiary/aromatic N) is 2. The second kappa shape index (κ2) is 4.52. The average molecular weight is 225 g/mol. The molecule has 0 atom stereocenters. The van der Waals surface area contributed by atoms with Crippen molar-refractivity contribution >= 4 is 27.8 Å². The number of aryl methyl sites for hydroxylation is 1. The highest BCUT2D eigenvalue weighted by atomic mass is 32.1. The normalized spacial score (nSPS) is 10.4. The van der Waals surface area contributed by atoms with Crippen LogP contribution in [0, 0.1) is 6.92 Å². The number of aromatic nitrogens is 2. The van der Waals surface area contributed by atoms with Gasteiger partial charge < -0.3 is 5.32 Å². The lowest BCUT2D eigenvalue weighted by molar-refractivity contribution is 0.998. The van der Waals surface area contributed by atoms with Crippen LogP contribution in [0.3, 0.4) is 0 Å². The number of anilines is 1.